The lowest BCUT2D eigenvalue weighted by molar-refractivity contribution is 0.669. The molecule has 0 aliphatic carbocycles. The number of nitrogens with zero attached hydrogens (tertiary/aromatic N) is 6. The van der Waals surface area contributed by atoms with Crippen molar-refractivity contribution in [2.75, 3.05) is 0 Å². The van der Waals surface area contributed by atoms with Crippen molar-refractivity contribution in [3.8, 4) is 90.1 Å². The molecule has 7 heterocycles. The maximum Gasteiger partial charge on any atom is 0.136 e. The monoisotopic (exact) mass is 782 g/mol. The van der Waals surface area contributed by atoms with Gasteiger partial charge in [-0.05, 0) is 136 Å². The van der Waals surface area contributed by atoms with Gasteiger partial charge in [0.1, 0.15) is 11.2 Å². The smallest absolute Gasteiger partial charge is 0.136 e. The van der Waals surface area contributed by atoms with E-state index in [9.17, 15) is 0 Å². The maximum atomic E-state index is 6.55. The normalized spacial score (nSPS) is 11.3. The van der Waals surface area contributed by atoms with E-state index in [4.69, 9.17) is 14.4 Å². The van der Waals surface area contributed by atoms with Crippen molar-refractivity contribution in [3.63, 3.8) is 0 Å². The predicted molar refractivity (Wildman–Crippen MR) is 244 cm³/mol. The molecule has 0 fully saturated rings. The van der Waals surface area contributed by atoms with Gasteiger partial charge < -0.3 is 4.42 Å². The van der Waals surface area contributed by atoms with Crippen molar-refractivity contribution in [2.24, 2.45) is 0 Å². The quantitative estimate of drug-likeness (QED) is 0.152. The van der Waals surface area contributed by atoms with Crippen molar-refractivity contribution in [2.45, 2.75) is 0 Å². The van der Waals surface area contributed by atoms with Gasteiger partial charge in [0.2, 0.25) is 0 Å². The third-order valence-corrected chi connectivity index (χ3v) is 10.9. The van der Waals surface area contributed by atoms with Gasteiger partial charge in [0.25, 0.3) is 0 Å². The molecule has 286 valence electrons. The summed E-state index contributed by atoms with van der Waals surface area (Å²) in [6, 6.07) is 62.0. The fourth-order valence-corrected chi connectivity index (χ4v) is 7.92. The largest absolute Gasteiger partial charge is 0.456 e. The van der Waals surface area contributed by atoms with E-state index >= 15 is 0 Å². The summed E-state index contributed by atoms with van der Waals surface area (Å²) in [5.41, 5.74) is 16.6. The van der Waals surface area contributed by atoms with Crippen LogP contribution in [0.1, 0.15) is 0 Å². The molecule has 0 N–H and O–H groups in total. The second-order valence-electron chi connectivity index (χ2n) is 14.8. The van der Waals surface area contributed by atoms with Gasteiger partial charge >= 0.3 is 0 Å². The lowest BCUT2D eigenvalue weighted by atomic mass is 9.92. The fourth-order valence-electron chi connectivity index (χ4n) is 7.92. The first-order chi connectivity index (χ1) is 30.2. The van der Waals surface area contributed by atoms with E-state index in [1.54, 1.807) is 24.8 Å². The first-order valence-electron chi connectivity index (χ1n) is 20.1. The van der Waals surface area contributed by atoms with Gasteiger partial charge in [-0.2, -0.15) is 0 Å². The highest BCUT2D eigenvalue weighted by atomic mass is 16.3. The second-order valence-corrected chi connectivity index (χ2v) is 14.8. The maximum absolute atomic E-state index is 6.55. The number of fused-ring (bicyclic) bond motifs is 3. The van der Waals surface area contributed by atoms with E-state index in [0.717, 1.165) is 112 Å². The molecule has 11 rings (SSSR count). The van der Waals surface area contributed by atoms with Crippen LogP contribution in [0.4, 0.5) is 0 Å². The van der Waals surface area contributed by atoms with Crippen LogP contribution >= 0.6 is 0 Å². The minimum atomic E-state index is 0.791. The van der Waals surface area contributed by atoms with E-state index in [0.29, 0.717) is 0 Å². The average molecular weight is 783 g/mol. The zero-order chi connectivity index (χ0) is 40.5. The van der Waals surface area contributed by atoms with Crippen LogP contribution < -0.4 is 0 Å². The third kappa shape index (κ3) is 7.00. The summed E-state index contributed by atoms with van der Waals surface area (Å²) in [6.45, 7) is 0. The Morgan fingerprint density at radius 3 is 1.07 bits per heavy atom. The summed E-state index contributed by atoms with van der Waals surface area (Å²) in [6.07, 6.45) is 7.17. The van der Waals surface area contributed by atoms with Crippen molar-refractivity contribution in [3.05, 3.63) is 207 Å². The molecule has 0 saturated heterocycles. The summed E-state index contributed by atoms with van der Waals surface area (Å²) in [5, 5.41) is 2.17. The van der Waals surface area contributed by atoms with Crippen LogP contribution in [0.3, 0.4) is 0 Å². The molecule has 11 aromatic rings. The third-order valence-electron chi connectivity index (χ3n) is 10.9. The lowest BCUT2D eigenvalue weighted by Gasteiger charge is -2.12. The Bertz CT molecular complexity index is 3200. The number of aromatic nitrogens is 6. The number of benzene rings is 4. The molecule has 7 aromatic heterocycles. The molecule has 7 nitrogen and oxygen atoms in total. The minimum absolute atomic E-state index is 0.791. The van der Waals surface area contributed by atoms with Crippen LogP contribution in [-0.2, 0) is 0 Å². The second kappa shape index (κ2) is 15.4. The van der Waals surface area contributed by atoms with Crippen molar-refractivity contribution < 1.29 is 4.42 Å². The molecule has 0 spiro atoms. The molecule has 0 unspecified atom stereocenters. The van der Waals surface area contributed by atoms with Gasteiger partial charge in [0.05, 0.1) is 45.6 Å². The highest BCUT2D eigenvalue weighted by molar-refractivity contribution is 6.13. The van der Waals surface area contributed by atoms with Gasteiger partial charge in [-0.1, -0.05) is 91.0 Å². The Hall–Kier alpha value is -8.42. The van der Waals surface area contributed by atoms with Crippen LogP contribution in [0.5, 0.6) is 0 Å². The Morgan fingerprint density at radius 2 is 0.656 bits per heavy atom. The Balaban J connectivity index is 0.989. The van der Waals surface area contributed by atoms with Gasteiger partial charge in [-0.3, -0.25) is 19.9 Å². The van der Waals surface area contributed by atoms with Gasteiger partial charge in [0.15, 0.2) is 0 Å². The summed E-state index contributed by atoms with van der Waals surface area (Å²) >= 11 is 0. The molecule has 0 bridgehead atoms. The molecule has 0 aliphatic rings. The SMILES string of the molecule is c1ccc(-c2cc(-c3ccc(-c4cc(-c5ccc(-c6cc(-c7ccccn7)nc(-c7ccccn7)c6)cc5)c5c(c4)oc4ccccc45)cc3)cc(-c3ccccn3)n2)nc1. The van der Waals surface area contributed by atoms with Crippen LogP contribution in [-0.4, -0.2) is 29.9 Å². The molecule has 4 aromatic carbocycles. The van der Waals surface area contributed by atoms with Crippen molar-refractivity contribution in [1.29, 1.82) is 0 Å². The Morgan fingerprint density at radius 1 is 0.279 bits per heavy atom. The molecule has 7 heteroatoms. The van der Waals surface area contributed by atoms with E-state index in [1.807, 2.05) is 84.9 Å². The van der Waals surface area contributed by atoms with E-state index < -0.39 is 0 Å². The molecular formula is C54H34N6O. The summed E-state index contributed by atoms with van der Waals surface area (Å²) in [7, 11) is 0. The number of pyridine rings is 6. The van der Waals surface area contributed by atoms with Crippen molar-refractivity contribution in [1.82, 2.24) is 29.9 Å². The molecule has 0 saturated carbocycles. The molecule has 61 heavy (non-hydrogen) atoms. The van der Waals surface area contributed by atoms with Crippen LogP contribution in [0.25, 0.3) is 112 Å². The van der Waals surface area contributed by atoms with E-state index in [-0.39, 0.29) is 0 Å². The number of rotatable bonds is 8. The summed E-state index contributed by atoms with van der Waals surface area (Å²) in [5.74, 6) is 0. The Labute approximate surface area is 351 Å². The average Bonchev–Trinajstić information content (AvgIpc) is 3.73. The predicted octanol–water partition coefficient (Wildman–Crippen LogP) is 13.3. The molecule has 0 aliphatic heterocycles. The highest BCUT2D eigenvalue weighted by Gasteiger charge is 2.17. The minimum Gasteiger partial charge on any atom is -0.456 e. The van der Waals surface area contributed by atoms with Gasteiger partial charge in [-0.15, -0.1) is 0 Å². The number of hydrogen-bond donors (Lipinski definition) is 0. The van der Waals surface area contributed by atoms with E-state index in [2.05, 4.69) is 117 Å². The van der Waals surface area contributed by atoms with Crippen molar-refractivity contribution >= 4 is 21.9 Å². The number of para-hydroxylation sites is 1. The zero-order valence-corrected chi connectivity index (χ0v) is 32.7. The first kappa shape index (κ1) is 35.7. The molecule has 0 atom stereocenters. The van der Waals surface area contributed by atoms with Crippen LogP contribution in [0.2, 0.25) is 0 Å². The fraction of sp³-hybridized carbons (Fsp3) is 0. The number of furan rings is 1. The zero-order valence-electron chi connectivity index (χ0n) is 32.7. The molecular weight excluding hydrogens is 749 g/mol. The van der Waals surface area contributed by atoms with Crippen LogP contribution in [0.15, 0.2) is 211 Å². The highest BCUT2D eigenvalue weighted by Crippen LogP contribution is 2.41. The van der Waals surface area contributed by atoms with E-state index in [1.165, 1.54) is 0 Å². The summed E-state index contributed by atoms with van der Waals surface area (Å²) < 4.78 is 6.55. The summed E-state index contributed by atoms with van der Waals surface area (Å²) in [4.78, 5) is 28.3. The standard InChI is InChI=1S/C54H34N6O/c1-2-16-52-42(11-1)54-43(38-23-21-37(22-24-38)41-32-50(46-14-5-9-27-57-46)60-51(33-41)47-15-6-10-28-58-47)29-39(34-53(54)61-52)35-17-19-36(20-18-35)40-30-48(44-12-3-7-25-55-44)59-49(31-40)45-13-4-8-26-56-45/h1-34H. The molecule has 0 amide bonds. The van der Waals surface area contributed by atoms with Crippen LogP contribution in [0, 0.1) is 0 Å². The van der Waals surface area contributed by atoms with Gasteiger partial charge in [0, 0.05) is 35.6 Å². The van der Waals surface area contributed by atoms with Gasteiger partial charge in [-0.25, -0.2) is 9.97 Å². The first-order valence-corrected chi connectivity index (χ1v) is 20.1. The number of hydrogen-bond acceptors (Lipinski definition) is 7. The topological polar surface area (TPSA) is 90.5 Å². The Kier molecular flexibility index (Phi) is 9.02. The lowest BCUT2D eigenvalue weighted by Crippen LogP contribution is -1.94. The molecule has 0 radical (unpaired) electrons.